The summed E-state index contributed by atoms with van der Waals surface area (Å²) in [5, 5.41) is 7.12. The van der Waals surface area contributed by atoms with E-state index in [1.165, 1.54) is 0 Å². The molecule has 28 heavy (non-hydrogen) atoms. The first-order chi connectivity index (χ1) is 13.3. The van der Waals surface area contributed by atoms with Crippen molar-refractivity contribution in [2.75, 3.05) is 5.32 Å². The number of alkyl halides is 2. The summed E-state index contributed by atoms with van der Waals surface area (Å²) in [5.74, 6) is 0.179. The molecule has 3 rings (SSSR count). The molecule has 0 radical (unpaired) electrons. The number of amides is 1. The maximum Gasteiger partial charge on any atom is 0.336 e. The molecule has 0 aliphatic heterocycles. The summed E-state index contributed by atoms with van der Waals surface area (Å²) in [7, 11) is 0. The van der Waals surface area contributed by atoms with Gasteiger partial charge >= 0.3 is 6.01 Å². The monoisotopic (exact) mass is 418 g/mol. The zero-order valence-corrected chi connectivity index (χ0v) is 17.2. The van der Waals surface area contributed by atoms with Gasteiger partial charge < -0.3 is 10.1 Å². The minimum atomic E-state index is -1.13. The first-order valence-corrected chi connectivity index (χ1v) is 9.61. The van der Waals surface area contributed by atoms with Crippen LogP contribution in [0.15, 0.2) is 48.5 Å². The van der Waals surface area contributed by atoms with Gasteiger partial charge in [-0.05, 0) is 45.0 Å². The van der Waals surface area contributed by atoms with Gasteiger partial charge in [-0.15, -0.1) is 5.10 Å². The predicted octanol–water partition coefficient (Wildman–Crippen LogP) is 4.77. The highest BCUT2D eigenvalue weighted by Gasteiger charge is 2.16. The molecule has 146 valence electrons. The summed E-state index contributed by atoms with van der Waals surface area (Å²) >= 11 is 11.1. The lowest BCUT2D eigenvalue weighted by Crippen LogP contribution is -2.18. The van der Waals surface area contributed by atoms with E-state index in [1.807, 2.05) is 57.2 Å². The Kier molecular flexibility index (Phi) is 6.21. The topological polar surface area (TPSA) is 69.0 Å². The molecule has 0 bridgehead atoms. The number of carbonyl (C=O) groups excluding carboxylic acids is 1. The van der Waals surface area contributed by atoms with Gasteiger partial charge in [0.1, 0.15) is 0 Å². The second-order valence-corrected chi connectivity index (χ2v) is 7.60. The second-order valence-electron chi connectivity index (χ2n) is 6.50. The molecule has 1 aromatic heterocycles. The van der Waals surface area contributed by atoms with E-state index in [4.69, 9.17) is 27.9 Å². The third-order valence-corrected chi connectivity index (χ3v) is 4.21. The Labute approximate surface area is 173 Å². The molecule has 8 heteroatoms. The van der Waals surface area contributed by atoms with Crippen LogP contribution in [0.4, 0.5) is 5.69 Å². The summed E-state index contributed by atoms with van der Waals surface area (Å²) in [6.07, 6.45) is -0.0432. The van der Waals surface area contributed by atoms with Crippen LogP contribution in [0.5, 0.6) is 6.01 Å². The third-order valence-electron chi connectivity index (χ3n) is 3.82. The number of hydrogen-bond acceptors (Lipinski definition) is 4. The molecule has 0 saturated heterocycles. The average molecular weight is 419 g/mol. The summed E-state index contributed by atoms with van der Waals surface area (Å²) < 4.78 is 7.38. The Morgan fingerprint density at radius 1 is 1.07 bits per heavy atom. The number of halogens is 2. The van der Waals surface area contributed by atoms with Crippen molar-refractivity contribution in [3.63, 3.8) is 0 Å². The van der Waals surface area contributed by atoms with Crippen molar-refractivity contribution in [2.24, 2.45) is 0 Å². The molecular formula is C20H20Cl2N4O2. The molecule has 0 fully saturated rings. The van der Waals surface area contributed by atoms with Gasteiger partial charge in [0.15, 0.2) is 10.7 Å². The molecule has 0 aliphatic carbocycles. The SMILES string of the molecule is Cc1ccc(-c2nc(OC(C)C)nn2-c2ccc(NC(=O)C(Cl)Cl)cc2)cc1. The maximum atomic E-state index is 11.6. The number of aryl methyl sites for hydroxylation is 1. The predicted molar refractivity (Wildman–Crippen MR) is 111 cm³/mol. The van der Waals surface area contributed by atoms with Crippen molar-refractivity contribution in [1.82, 2.24) is 14.8 Å². The van der Waals surface area contributed by atoms with E-state index < -0.39 is 10.7 Å². The number of hydrogen-bond donors (Lipinski definition) is 1. The van der Waals surface area contributed by atoms with Crippen LogP contribution in [0.2, 0.25) is 0 Å². The van der Waals surface area contributed by atoms with Gasteiger partial charge in [-0.25, -0.2) is 4.68 Å². The fourth-order valence-electron chi connectivity index (χ4n) is 2.51. The van der Waals surface area contributed by atoms with Gasteiger partial charge in [0.2, 0.25) is 0 Å². The highest BCUT2D eigenvalue weighted by atomic mass is 35.5. The summed E-state index contributed by atoms with van der Waals surface area (Å²) in [6, 6.07) is 15.4. The molecular weight excluding hydrogens is 399 g/mol. The van der Waals surface area contributed by atoms with E-state index in [0.29, 0.717) is 17.5 Å². The zero-order chi connectivity index (χ0) is 20.3. The summed E-state index contributed by atoms with van der Waals surface area (Å²) in [4.78, 5) is 15.0. The molecule has 3 aromatic rings. The van der Waals surface area contributed by atoms with E-state index in [0.717, 1.165) is 16.8 Å². The Bertz CT molecular complexity index is 951. The van der Waals surface area contributed by atoms with E-state index in [2.05, 4.69) is 15.4 Å². The van der Waals surface area contributed by atoms with Gasteiger partial charge in [-0.1, -0.05) is 53.0 Å². The Balaban J connectivity index is 1.96. The smallest absolute Gasteiger partial charge is 0.336 e. The highest BCUT2D eigenvalue weighted by molar-refractivity contribution is 6.54. The van der Waals surface area contributed by atoms with E-state index >= 15 is 0 Å². The van der Waals surface area contributed by atoms with Gasteiger partial charge in [0, 0.05) is 11.3 Å². The van der Waals surface area contributed by atoms with E-state index in [-0.39, 0.29) is 6.10 Å². The highest BCUT2D eigenvalue weighted by Crippen LogP contribution is 2.25. The maximum absolute atomic E-state index is 11.6. The normalized spacial score (nSPS) is 11.1. The molecule has 0 atom stereocenters. The van der Waals surface area contributed by atoms with Gasteiger partial charge in [0.25, 0.3) is 5.91 Å². The van der Waals surface area contributed by atoms with E-state index in [9.17, 15) is 4.79 Å². The first-order valence-electron chi connectivity index (χ1n) is 8.73. The average Bonchev–Trinajstić information content (AvgIpc) is 3.05. The van der Waals surface area contributed by atoms with Crippen LogP contribution < -0.4 is 10.1 Å². The van der Waals surface area contributed by atoms with Crippen LogP contribution in [0.3, 0.4) is 0 Å². The second kappa shape index (κ2) is 8.63. The fraction of sp³-hybridized carbons (Fsp3) is 0.250. The van der Waals surface area contributed by atoms with Crippen LogP contribution in [0, 0.1) is 6.92 Å². The third kappa shape index (κ3) is 4.82. The molecule has 0 saturated carbocycles. The Morgan fingerprint density at radius 2 is 1.71 bits per heavy atom. The van der Waals surface area contributed by atoms with Gasteiger partial charge in [-0.2, -0.15) is 4.98 Å². The van der Waals surface area contributed by atoms with Crippen molar-refractivity contribution in [2.45, 2.75) is 31.7 Å². The van der Waals surface area contributed by atoms with Gasteiger partial charge in [0.05, 0.1) is 11.8 Å². The number of nitrogens with zero attached hydrogens (tertiary/aromatic N) is 3. The molecule has 1 amide bonds. The summed E-state index contributed by atoms with van der Waals surface area (Å²) in [5.41, 5.74) is 3.43. The lowest BCUT2D eigenvalue weighted by atomic mass is 10.1. The van der Waals surface area contributed by atoms with Crippen molar-refractivity contribution >= 4 is 34.8 Å². The number of carbonyl (C=O) groups is 1. The Morgan fingerprint density at radius 3 is 2.29 bits per heavy atom. The molecule has 1 heterocycles. The molecule has 0 aliphatic rings. The molecule has 0 unspecified atom stereocenters. The van der Waals surface area contributed by atoms with Crippen molar-refractivity contribution in [1.29, 1.82) is 0 Å². The largest absolute Gasteiger partial charge is 0.460 e. The van der Waals surface area contributed by atoms with Crippen LogP contribution in [-0.4, -0.2) is 31.6 Å². The van der Waals surface area contributed by atoms with Crippen LogP contribution in [-0.2, 0) is 4.79 Å². The lowest BCUT2D eigenvalue weighted by Gasteiger charge is -2.09. The van der Waals surface area contributed by atoms with Crippen molar-refractivity contribution < 1.29 is 9.53 Å². The van der Waals surface area contributed by atoms with Crippen molar-refractivity contribution in [3.8, 4) is 23.1 Å². The van der Waals surface area contributed by atoms with Crippen LogP contribution in [0.25, 0.3) is 17.1 Å². The van der Waals surface area contributed by atoms with Gasteiger partial charge in [-0.3, -0.25) is 4.79 Å². The Hall–Kier alpha value is -2.57. The number of anilines is 1. The lowest BCUT2D eigenvalue weighted by molar-refractivity contribution is -0.114. The molecule has 0 spiro atoms. The zero-order valence-electron chi connectivity index (χ0n) is 15.7. The molecule has 2 aromatic carbocycles. The standard InChI is InChI=1S/C20H20Cl2N4O2/c1-12(2)28-20-24-18(14-6-4-13(3)5-7-14)26(25-20)16-10-8-15(9-11-16)23-19(27)17(21)22/h4-12,17H,1-3H3,(H,23,27). The van der Waals surface area contributed by atoms with Crippen LogP contribution >= 0.6 is 23.2 Å². The number of rotatable bonds is 6. The fourth-order valence-corrected chi connectivity index (χ4v) is 2.62. The summed E-state index contributed by atoms with van der Waals surface area (Å²) in [6.45, 7) is 5.87. The minimum Gasteiger partial charge on any atom is -0.460 e. The number of benzene rings is 2. The molecule has 1 N–H and O–H groups in total. The van der Waals surface area contributed by atoms with Crippen LogP contribution in [0.1, 0.15) is 19.4 Å². The van der Waals surface area contributed by atoms with Crippen molar-refractivity contribution in [3.05, 3.63) is 54.1 Å². The number of aromatic nitrogens is 3. The number of nitrogens with one attached hydrogen (secondary N) is 1. The van der Waals surface area contributed by atoms with E-state index in [1.54, 1.807) is 16.8 Å². The minimum absolute atomic E-state index is 0.0432. The number of ether oxygens (including phenoxy) is 1. The molecule has 6 nitrogen and oxygen atoms in total. The quantitative estimate of drug-likeness (QED) is 0.585. The first kappa shape index (κ1) is 20.2.